The molecule has 0 N–H and O–H groups in total. The molecule has 3 nitrogen and oxygen atoms in total. The lowest BCUT2D eigenvalue weighted by Gasteiger charge is -2.35. The summed E-state index contributed by atoms with van der Waals surface area (Å²) in [6.45, 7) is 17.9. The van der Waals surface area contributed by atoms with Crippen molar-refractivity contribution in [1.82, 2.24) is 0 Å². The van der Waals surface area contributed by atoms with Crippen LogP contribution >= 0.6 is 0 Å². The highest BCUT2D eigenvalue weighted by molar-refractivity contribution is 6.60. The quantitative estimate of drug-likeness (QED) is 0.392. The van der Waals surface area contributed by atoms with E-state index in [1.54, 1.807) is 0 Å². The molecular formula is C18H40O3Si. The minimum Gasteiger partial charge on any atom is -0.373 e. The lowest BCUT2D eigenvalue weighted by Crippen LogP contribution is -2.48. The molecule has 0 saturated heterocycles. The van der Waals surface area contributed by atoms with Gasteiger partial charge in [0.25, 0.3) is 0 Å². The molecule has 0 aliphatic rings. The minimum absolute atomic E-state index is 0.572. The SMILES string of the molecule is CCCO[Si](CC(C)C(CC)C(C)C)(OCCC)OCCC. The fourth-order valence-electron chi connectivity index (χ4n) is 3.15. The van der Waals surface area contributed by atoms with Crippen molar-refractivity contribution in [2.24, 2.45) is 17.8 Å². The zero-order valence-corrected chi connectivity index (χ0v) is 17.1. The van der Waals surface area contributed by atoms with Crippen LogP contribution in [0, 0.1) is 17.8 Å². The molecule has 4 heteroatoms. The van der Waals surface area contributed by atoms with Crippen LogP contribution in [0.4, 0.5) is 0 Å². The Balaban J connectivity index is 5.04. The number of hydrogen-bond acceptors (Lipinski definition) is 3. The van der Waals surface area contributed by atoms with E-state index in [0.717, 1.165) is 45.1 Å². The standard InChI is InChI=1S/C18H40O3Si/c1-8-12-19-22(20-13-9-2,21-14-10-3)15-17(7)18(11-4)16(5)6/h16-18H,8-15H2,1-7H3. The Morgan fingerprint density at radius 1 is 0.727 bits per heavy atom. The maximum Gasteiger partial charge on any atom is 0.501 e. The van der Waals surface area contributed by atoms with E-state index in [0.29, 0.717) is 17.8 Å². The van der Waals surface area contributed by atoms with Crippen LogP contribution in [0.15, 0.2) is 0 Å². The Morgan fingerprint density at radius 2 is 1.14 bits per heavy atom. The molecular weight excluding hydrogens is 292 g/mol. The van der Waals surface area contributed by atoms with E-state index in [-0.39, 0.29) is 0 Å². The molecule has 0 saturated carbocycles. The second-order valence-electron chi connectivity index (χ2n) is 6.73. The zero-order valence-electron chi connectivity index (χ0n) is 16.1. The molecule has 0 aliphatic carbocycles. The van der Waals surface area contributed by atoms with E-state index in [1.165, 1.54) is 6.42 Å². The molecule has 2 unspecified atom stereocenters. The van der Waals surface area contributed by atoms with Crippen molar-refractivity contribution in [3.8, 4) is 0 Å². The van der Waals surface area contributed by atoms with Crippen LogP contribution < -0.4 is 0 Å². The summed E-state index contributed by atoms with van der Waals surface area (Å²) >= 11 is 0. The van der Waals surface area contributed by atoms with E-state index in [1.807, 2.05) is 0 Å². The molecule has 0 heterocycles. The summed E-state index contributed by atoms with van der Waals surface area (Å²) in [5.41, 5.74) is 0. The Bertz CT molecular complexity index is 237. The Hall–Kier alpha value is 0.0969. The minimum atomic E-state index is -2.55. The summed E-state index contributed by atoms with van der Waals surface area (Å²) in [5, 5.41) is 0. The lowest BCUT2D eigenvalue weighted by atomic mass is 9.83. The molecule has 0 rings (SSSR count). The van der Waals surface area contributed by atoms with Gasteiger partial charge in [-0.2, -0.15) is 0 Å². The van der Waals surface area contributed by atoms with Crippen LogP contribution in [0.1, 0.15) is 74.1 Å². The highest BCUT2D eigenvalue weighted by atomic mass is 28.4. The first-order valence-electron chi connectivity index (χ1n) is 9.38. The van der Waals surface area contributed by atoms with Gasteiger partial charge >= 0.3 is 8.80 Å². The Kier molecular flexibility index (Phi) is 12.6. The highest BCUT2D eigenvalue weighted by Crippen LogP contribution is 2.32. The van der Waals surface area contributed by atoms with Gasteiger partial charge in [0, 0.05) is 25.9 Å². The second-order valence-corrected chi connectivity index (χ2v) is 9.37. The molecule has 2 atom stereocenters. The maximum absolute atomic E-state index is 6.22. The van der Waals surface area contributed by atoms with Crippen LogP contribution in [0.5, 0.6) is 0 Å². The average molecular weight is 333 g/mol. The van der Waals surface area contributed by atoms with Gasteiger partial charge in [-0.15, -0.1) is 0 Å². The number of hydrogen-bond donors (Lipinski definition) is 0. The van der Waals surface area contributed by atoms with E-state index < -0.39 is 8.80 Å². The third-order valence-electron chi connectivity index (χ3n) is 4.21. The van der Waals surface area contributed by atoms with Crippen molar-refractivity contribution >= 4 is 8.80 Å². The first-order chi connectivity index (χ1) is 10.5. The van der Waals surface area contributed by atoms with Crippen molar-refractivity contribution in [3.05, 3.63) is 0 Å². The summed E-state index contributed by atoms with van der Waals surface area (Å²) in [4.78, 5) is 0. The van der Waals surface area contributed by atoms with E-state index in [4.69, 9.17) is 13.3 Å². The molecule has 0 aliphatic heterocycles. The van der Waals surface area contributed by atoms with Gasteiger partial charge in [0.1, 0.15) is 0 Å². The van der Waals surface area contributed by atoms with Crippen LogP contribution in [-0.2, 0) is 13.3 Å². The van der Waals surface area contributed by atoms with Gasteiger partial charge < -0.3 is 13.3 Å². The molecule has 0 bridgehead atoms. The van der Waals surface area contributed by atoms with Gasteiger partial charge in [0.15, 0.2) is 0 Å². The van der Waals surface area contributed by atoms with Crippen molar-refractivity contribution in [3.63, 3.8) is 0 Å². The molecule has 0 radical (unpaired) electrons. The van der Waals surface area contributed by atoms with Gasteiger partial charge in [-0.05, 0) is 37.0 Å². The topological polar surface area (TPSA) is 27.7 Å². The maximum atomic E-state index is 6.22. The zero-order chi connectivity index (χ0) is 17.0. The van der Waals surface area contributed by atoms with Crippen molar-refractivity contribution in [2.75, 3.05) is 19.8 Å². The Labute approximate surface area is 140 Å². The van der Waals surface area contributed by atoms with Gasteiger partial charge in [-0.3, -0.25) is 0 Å². The normalized spacial score (nSPS) is 15.3. The first-order valence-corrected chi connectivity index (χ1v) is 11.3. The molecule has 0 spiro atoms. The summed E-state index contributed by atoms with van der Waals surface area (Å²) in [5.74, 6) is 1.96. The smallest absolute Gasteiger partial charge is 0.373 e. The van der Waals surface area contributed by atoms with Gasteiger partial charge in [0.05, 0.1) is 0 Å². The predicted molar refractivity (Wildman–Crippen MR) is 97.1 cm³/mol. The van der Waals surface area contributed by atoms with Crippen molar-refractivity contribution < 1.29 is 13.3 Å². The highest BCUT2D eigenvalue weighted by Gasteiger charge is 2.43. The third-order valence-corrected chi connectivity index (χ3v) is 7.28. The summed E-state index contributed by atoms with van der Waals surface area (Å²) in [6.07, 6.45) is 4.24. The third kappa shape index (κ3) is 8.09. The largest absolute Gasteiger partial charge is 0.501 e. The molecule has 0 aromatic rings. The van der Waals surface area contributed by atoms with E-state index >= 15 is 0 Å². The molecule has 22 heavy (non-hydrogen) atoms. The van der Waals surface area contributed by atoms with E-state index in [9.17, 15) is 0 Å². The van der Waals surface area contributed by atoms with Crippen LogP contribution in [0.3, 0.4) is 0 Å². The fourth-order valence-corrected chi connectivity index (χ4v) is 6.39. The monoisotopic (exact) mass is 332 g/mol. The van der Waals surface area contributed by atoms with Crippen LogP contribution in [0.25, 0.3) is 0 Å². The molecule has 0 fully saturated rings. The fraction of sp³-hybridized carbons (Fsp3) is 1.00. The summed E-state index contributed by atoms with van der Waals surface area (Å²) < 4.78 is 18.7. The molecule has 134 valence electrons. The average Bonchev–Trinajstić information content (AvgIpc) is 2.48. The first kappa shape index (κ1) is 22.1. The predicted octanol–water partition coefficient (Wildman–Crippen LogP) is 5.52. The van der Waals surface area contributed by atoms with Crippen LogP contribution in [0.2, 0.25) is 6.04 Å². The molecule has 0 aromatic heterocycles. The van der Waals surface area contributed by atoms with Crippen molar-refractivity contribution in [1.29, 1.82) is 0 Å². The molecule has 0 aromatic carbocycles. The summed E-state index contributed by atoms with van der Waals surface area (Å²) in [7, 11) is -2.55. The van der Waals surface area contributed by atoms with Crippen LogP contribution in [-0.4, -0.2) is 28.6 Å². The van der Waals surface area contributed by atoms with Gasteiger partial charge in [0.2, 0.25) is 0 Å². The Morgan fingerprint density at radius 3 is 1.41 bits per heavy atom. The molecule has 0 amide bonds. The second kappa shape index (κ2) is 12.5. The van der Waals surface area contributed by atoms with Gasteiger partial charge in [-0.1, -0.05) is 54.9 Å². The van der Waals surface area contributed by atoms with Gasteiger partial charge in [-0.25, -0.2) is 0 Å². The number of rotatable bonds is 14. The summed E-state index contributed by atoms with van der Waals surface area (Å²) in [6, 6.07) is 0.948. The lowest BCUT2D eigenvalue weighted by molar-refractivity contribution is 0.0518. The van der Waals surface area contributed by atoms with E-state index in [2.05, 4.69) is 48.5 Å². The van der Waals surface area contributed by atoms with Crippen molar-refractivity contribution in [2.45, 2.75) is 80.2 Å².